The van der Waals surface area contributed by atoms with E-state index in [1.807, 2.05) is 44.2 Å². The lowest BCUT2D eigenvalue weighted by molar-refractivity contribution is -0.176. The largest absolute Gasteiger partial charge is 0.491 e. The van der Waals surface area contributed by atoms with Crippen molar-refractivity contribution in [3.63, 3.8) is 0 Å². The average Bonchev–Trinajstić information content (AvgIpc) is 2.63. The minimum absolute atomic E-state index is 0.0746. The Hall–Kier alpha value is -1.88. The third-order valence-corrected chi connectivity index (χ3v) is 4.12. The van der Waals surface area contributed by atoms with Crippen LogP contribution in [0.15, 0.2) is 54.6 Å². The van der Waals surface area contributed by atoms with Crippen LogP contribution in [-0.2, 0) is 15.9 Å². The van der Waals surface area contributed by atoms with Crippen LogP contribution >= 0.6 is 0 Å². The van der Waals surface area contributed by atoms with Gasteiger partial charge in [0.25, 0.3) is 0 Å². The predicted octanol–water partition coefficient (Wildman–Crippen LogP) is 3.72. The minimum Gasteiger partial charge on any atom is -0.491 e. The van der Waals surface area contributed by atoms with Gasteiger partial charge in [-0.15, -0.1) is 0 Å². The first-order valence-electron chi connectivity index (χ1n) is 8.99. The maximum atomic E-state index is 6.05. The molecule has 0 unspecified atom stereocenters. The van der Waals surface area contributed by atoms with Crippen molar-refractivity contribution in [2.75, 3.05) is 19.8 Å². The van der Waals surface area contributed by atoms with Crippen LogP contribution in [0.25, 0.3) is 0 Å². The Bertz CT molecular complexity index is 645. The summed E-state index contributed by atoms with van der Waals surface area (Å²) in [5, 5.41) is 3.49. The van der Waals surface area contributed by atoms with E-state index >= 15 is 0 Å². The van der Waals surface area contributed by atoms with Gasteiger partial charge in [0, 0.05) is 6.54 Å². The van der Waals surface area contributed by atoms with Gasteiger partial charge in [-0.25, -0.2) is 0 Å². The second-order valence-electron chi connectivity index (χ2n) is 6.52. The van der Waals surface area contributed by atoms with Gasteiger partial charge in [-0.3, -0.25) is 0 Å². The molecule has 0 radical (unpaired) electrons. The smallest absolute Gasteiger partial charge is 0.176 e. The van der Waals surface area contributed by atoms with Crippen LogP contribution in [0.1, 0.15) is 31.0 Å². The van der Waals surface area contributed by atoms with E-state index in [1.165, 1.54) is 11.1 Å². The number of ether oxygens (including phenoxy) is 3. The third kappa shape index (κ3) is 5.30. The van der Waals surface area contributed by atoms with Crippen LogP contribution in [0.3, 0.4) is 0 Å². The van der Waals surface area contributed by atoms with Gasteiger partial charge in [0.1, 0.15) is 5.75 Å². The first-order valence-corrected chi connectivity index (χ1v) is 8.99. The van der Waals surface area contributed by atoms with E-state index in [1.54, 1.807) is 0 Å². The highest BCUT2D eigenvalue weighted by Gasteiger charge is 2.27. The molecule has 1 aliphatic heterocycles. The van der Waals surface area contributed by atoms with Gasteiger partial charge in [-0.2, -0.15) is 0 Å². The topological polar surface area (TPSA) is 39.7 Å². The van der Waals surface area contributed by atoms with Crippen molar-refractivity contribution >= 4 is 0 Å². The number of nitrogens with one attached hydrogen (secondary N) is 1. The monoisotopic (exact) mass is 341 g/mol. The van der Waals surface area contributed by atoms with E-state index in [9.17, 15) is 0 Å². The van der Waals surface area contributed by atoms with Crippen molar-refractivity contribution in [1.82, 2.24) is 5.32 Å². The number of hydrogen-bond acceptors (Lipinski definition) is 4. The lowest BCUT2D eigenvalue weighted by atomic mass is 10.1. The predicted molar refractivity (Wildman–Crippen MR) is 98.8 cm³/mol. The van der Waals surface area contributed by atoms with Gasteiger partial charge in [0.2, 0.25) is 0 Å². The maximum Gasteiger partial charge on any atom is 0.176 e. The standard InChI is InChI=1S/C21H27NO3/c1-16(2)25-19-10-6-7-17(15-19)11-13-23-21-20(22-12-14-24-21)18-8-4-3-5-9-18/h3-10,15-16,20-22H,11-14H2,1-2H3/t20-,21+/m0/s1. The first kappa shape index (κ1) is 17.9. The zero-order valence-electron chi connectivity index (χ0n) is 15.0. The molecule has 0 bridgehead atoms. The number of hydrogen-bond donors (Lipinski definition) is 1. The molecule has 1 saturated heterocycles. The second-order valence-corrected chi connectivity index (χ2v) is 6.52. The summed E-state index contributed by atoms with van der Waals surface area (Å²) < 4.78 is 17.6. The van der Waals surface area contributed by atoms with Crippen molar-refractivity contribution in [2.45, 2.75) is 38.7 Å². The molecule has 0 spiro atoms. The van der Waals surface area contributed by atoms with Crippen LogP contribution < -0.4 is 10.1 Å². The number of benzene rings is 2. The van der Waals surface area contributed by atoms with Gasteiger partial charge < -0.3 is 19.5 Å². The Morgan fingerprint density at radius 3 is 2.76 bits per heavy atom. The molecule has 0 amide bonds. The first-order chi connectivity index (χ1) is 12.2. The molecule has 1 N–H and O–H groups in total. The molecule has 134 valence electrons. The summed E-state index contributed by atoms with van der Waals surface area (Å²) >= 11 is 0. The van der Waals surface area contributed by atoms with Gasteiger partial charge >= 0.3 is 0 Å². The van der Waals surface area contributed by atoms with Crippen LogP contribution in [0.5, 0.6) is 5.75 Å². The number of rotatable bonds is 7. The van der Waals surface area contributed by atoms with E-state index in [0.717, 1.165) is 18.7 Å². The third-order valence-electron chi connectivity index (χ3n) is 4.12. The fraction of sp³-hybridized carbons (Fsp3) is 0.429. The van der Waals surface area contributed by atoms with E-state index in [2.05, 4.69) is 29.6 Å². The Balaban J connectivity index is 1.55. The van der Waals surface area contributed by atoms with Gasteiger partial charge in [0.05, 0.1) is 25.4 Å². The summed E-state index contributed by atoms with van der Waals surface area (Å²) in [6.45, 7) is 6.19. The van der Waals surface area contributed by atoms with Crippen molar-refractivity contribution in [3.8, 4) is 5.75 Å². The quantitative estimate of drug-likeness (QED) is 0.833. The molecule has 1 heterocycles. The number of morpholine rings is 1. The summed E-state index contributed by atoms with van der Waals surface area (Å²) in [5.41, 5.74) is 2.40. The molecule has 25 heavy (non-hydrogen) atoms. The average molecular weight is 341 g/mol. The second kappa shape index (κ2) is 8.99. The molecule has 0 aliphatic carbocycles. The molecule has 2 atom stereocenters. The van der Waals surface area contributed by atoms with Crippen molar-refractivity contribution < 1.29 is 14.2 Å². The van der Waals surface area contributed by atoms with Gasteiger partial charge in [-0.1, -0.05) is 42.5 Å². The lowest BCUT2D eigenvalue weighted by Gasteiger charge is -2.33. The van der Waals surface area contributed by atoms with E-state index in [4.69, 9.17) is 14.2 Å². The Morgan fingerprint density at radius 2 is 1.96 bits per heavy atom. The summed E-state index contributed by atoms with van der Waals surface area (Å²) in [5.74, 6) is 0.908. The molecule has 4 nitrogen and oxygen atoms in total. The molecule has 1 fully saturated rings. The molecule has 2 aromatic rings. The van der Waals surface area contributed by atoms with E-state index in [0.29, 0.717) is 13.2 Å². The molecule has 1 aliphatic rings. The minimum atomic E-state index is -0.258. The molecule has 2 aromatic carbocycles. The Labute approximate surface area is 150 Å². The summed E-state index contributed by atoms with van der Waals surface area (Å²) in [6.07, 6.45) is 0.752. The maximum absolute atomic E-state index is 6.05. The molecular formula is C21H27NO3. The normalized spacial score (nSPS) is 20.6. The Morgan fingerprint density at radius 1 is 1.12 bits per heavy atom. The van der Waals surface area contributed by atoms with Crippen molar-refractivity contribution in [3.05, 3.63) is 65.7 Å². The molecule has 3 rings (SSSR count). The Kier molecular flexibility index (Phi) is 6.45. The van der Waals surface area contributed by atoms with Gasteiger partial charge in [0.15, 0.2) is 6.29 Å². The zero-order chi connectivity index (χ0) is 17.5. The molecule has 4 heteroatoms. The fourth-order valence-corrected chi connectivity index (χ4v) is 3.00. The van der Waals surface area contributed by atoms with Crippen molar-refractivity contribution in [1.29, 1.82) is 0 Å². The molecule has 0 aromatic heterocycles. The fourth-order valence-electron chi connectivity index (χ4n) is 3.00. The highest BCUT2D eigenvalue weighted by molar-refractivity contribution is 5.28. The summed E-state index contributed by atoms with van der Waals surface area (Å²) in [6, 6.07) is 18.6. The summed E-state index contributed by atoms with van der Waals surface area (Å²) in [7, 11) is 0. The zero-order valence-corrected chi connectivity index (χ0v) is 15.0. The van der Waals surface area contributed by atoms with E-state index < -0.39 is 0 Å². The van der Waals surface area contributed by atoms with Crippen LogP contribution in [0.4, 0.5) is 0 Å². The summed E-state index contributed by atoms with van der Waals surface area (Å²) in [4.78, 5) is 0. The van der Waals surface area contributed by atoms with Crippen molar-refractivity contribution in [2.24, 2.45) is 0 Å². The van der Waals surface area contributed by atoms with Gasteiger partial charge in [-0.05, 0) is 43.5 Å². The highest BCUT2D eigenvalue weighted by Crippen LogP contribution is 2.23. The van der Waals surface area contributed by atoms with Crippen LogP contribution in [0, 0.1) is 0 Å². The van der Waals surface area contributed by atoms with Crippen LogP contribution in [-0.4, -0.2) is 32.2 Å². The highest BCUT2D eigenvalue weighted by atomic mass is 16.7. The molecular weight excluding hydrogens is 314 g/mol. The lowest BCUT2D eigenvalue weighted by Crippen LogP contribution is -2.43. The SMILES string of the molecule is CC(C)Oc1cccc(CCO[C@@H]2OCCN[C@H]2c2ccccc2)c1. The van der Waals surface area contributed by atoms with Crippen LogP contribution in [0.2, 0.25) is 0 Å². The van der Waals surface area contributed by atoms with E-state index in [-0.39, 0.29) is 18.4 Å². The molecule has 0 saturated carbocycles.